The zero-order valence-corrected chi connectivity index (χ0v) is 16.0. The Bertz CT molecular complexity index is 785. The second-order valence-electron chi connectivity index (χ2n) is 5.43. The molecule has 1 unspecified atom stereocenters. The van der Waals surface area contributed by atoms with Crippen molar-refractivity contribution in [2.75, 3.05) is 23.5 Å². The van der Waals surface area contributed by atoms with Crippen LogP contribution < -0.4 is 0 Å². The van der Waals surface area contributed by atoms with Crippen LogP contribution in [0.3, 0.4) is 0 Å². The van der Waals surface area contributed by atoms with E-state index in [-0.39, 0.29) is 18.1 Å². The molecule has 1 aromatic heterocycles. The molecular weight excluding hydrogens is 393 g/mol. The van der Waals surface area contributed by atoms with Gasteiger partial charge in [0.15, 0.2) is 0 Å². The molecule has 1 aromatic carbocycles. The van der Waals surface area contributed by atoms with Crippen LogP contribution in [0.15, 0.2) is 30.9 Å². The van der Waals surface area contributed by atoms with Gasteiger partial charge in [-0.1, -0.05) is 29.3 Å². The molecule has 10 heteroatoms. The highest BCUT2D eigenvalue weighted by Gasteiger charge is 2.32. The van der Waals surface area contributed by atoms with Crippen LogP contribution in [0.25, 0.3) is 0 Å². The van der Waals surface area contributed by atoms with Crippen molar-refractivity contribution in [1.82, 2.24) is 14.8 Å². The zero-order valence-electron chi connectivity index (χ0n) is 12.9. The minimum Gasteiger partial charge on any atom is -0.382 e. The Morgan fingerprint density at radius 3 is 2.71 bits per heavy atom. The molecule has 1 heterocycles. The molecule has 0 saturated heterocycles. The number of nitrogens with zero attached hydrogens (tertiary/aromatic N) is 3. The normalized spacial score (nSPS) is 14.5. The molecule has 2 rings (SSSR count). The van der Waals surface area contributed by atoms with Crippen LogP contribution in [0.4, 0.5) is 0 Å². The Labute approximate surface area is 155 Å². The fourth-order valence-corrected chi connectivity index (χ4v) is 5.10. The fraction of sp³-hybridized carbons (Fsp3) is 0.429. The largest absolute Gasteiger partial charge is 0.382 e. The van der Waals surface area contributed by atoms with Gasteiger partial charge in [0.1, 0.15) is 28.1 Å². The fourth-order valence-electron chi connectivity index (χ4n) is 2.11. The van der Waals surface area contributed by atoms with Gasteiger partial charge in [0.25, 0.3) is 0 Å². The number of hydrogen-bond acceptors (Lipinski definition) is 6. The molecule has 6 nitrogen and oxygen atoms in total. The second kappa shape index (κ2) is 8.05. The maximum atomic E-state index is 11.2. The van der Waals surface area contributed by atoms with Gasteiger partial charge in [0.2, 0.25) is 0 Å². The van der Waals surface area contributed by atoms with E-state index in [0.717, 1.165) is 0 Å². The van der Waals surface area contributed by atoms with Gasteiger partial charge in [-0.3, -0.25) is 0 Å². The minimum absolute atomic E-state index is 0.0470. The number of benzene rings is 1. The first-order valence-electron chi connectivity index (χ1n) is 6.95. The summed E-state index contributed by atoms with van der Waals surface area (Å²) in [6, 6.07) is 4.88. The Kier molecular flexibility index (Phi) is 6.55. The standard InChI is InChI=1S/C14H17Cl2N3O3S2/c1-24(21,22)5-4-23-8-14(20,7-19-10-17-9-18-19)12-3-2-11(15)6-13(12)16/h2-3,6,9-10,20H,4-5,7-8H2,1H3. The molecule has 0 fully saturated rings. The summed E-state index contributed by atoms with van der Waals surface area (Å²) in [4.78, 5) is 3.87. The first-order valence-corrected chi connectivity index (χ1v) is 10.9. The van der Waals surface area contributed by atoms with Gasteiger partial charge in [-0.15, -0.1) is 0 Å². The third kappa shape index (κ3) is 5.63. The van der Waals surface area contributed by atoms with Crippen molar-refractivity contribution in [2.24, 2.45) is 0 Å². The number of aromatic nitrogens is 3. The number of halogens is 2. The highest BCUT2D eigenvalue weighted by Crippen LogP contribution is 2.34. The summed E-state index contributed by atoms with van der Waals surface area (Å²) < 4.78 is 24.0. The number of rotatable bonds is 8. The van der Waals surface area contributed by atoms with E-state index in [2.05, 4.69) is 10.1 Å². The van der Waals surface area contributed by atoms with Gasteiger partial charge in [-0.25, -0.2) is 18.1 Å². The van der Waals surface area contributed by atoms with E-state index in [1.54, 1.807) is 18.2 Å². The van der Waals surface area contributed by atoms with E-state index >= 15 is 0 Å². The lowest BCUT2D eigenvalue weighted by atomic mass is 9.95. The van der Waals surface area contributed by atoms with Crippen LogP contribution in [0.2, 0.25) is 10.0 Å². The summed E-state index contributed by atoms with van der Waals surface area (Å²) in [6.07, 6.45) is 4.06. The van der Waals surface area contributed by atoms with Crippen molar-refractivity contribution >= 4 is 44.8 Å². The summed E-state index contributed by atoms with van der Waals surface area (Å²) in [5, 5.41) is 16.0. The van der Waals surface area contributed by atoms with E-state index in [1.165, 1.54) is 35.4 Å². The van der Waals surface area contributed by atoms with Crippen LogP contribution in [-0.4, -0.2) is 51.8 Å². The number of aliphatic hydroxyl groups is 1. The van der Waals surface area contributed by atoms with Crippen molar-refractivity contribution in [1.29, 1.82) is 0 Å². The van der Waals surface area contributed by atoms with E-state index in [4.69, 9.17) is 23.2 Å². The van der Waals surface area contributed by atoms with E-state index in [1.807, 2.05) is 0 Å². The molecule has 132 valence electrons. The van der Waals surface area contributed by atoms with Gasteiger partial charge in [0, 0.05) is 33.4 Å². The van der Waals surface area contributed by atoms with Crippen molar-refractivity contribution in [2.45, 2.75) is 12.1 Å². The monoisotopic (exact) mass is 409 g/mol. The van der Waals surface area contributed by atoms with Crippen molar-refractivity contribution in [3.05, 3.63) is 46.5 Å². The molecule has 0 aliphatic carbocycles. The van der Waals surface area contributed by atoms with E-state index in [0.29, 0.717) is 21.4 Å². The maximum absolute atomic E-state index is 11.2. The molecule has 0 aliphatic heterocycles. The van der Waals surface area contributed by atoms with Gasteiger partial charge < -0.3 is 5.11 Å². The molecule has 1 N–H and O–H groups in total. The molecule has 2 aromatic rings. The Hall–Kier alpha value is -0.800. The maximum Gasteiger partial charge on any atom is 0.148 e. The molecule has 0 spiro atoms. The van der Waals surface area contributed by atoms with Crippen molar-refractivity contribution < 1.29 is 13.5 Å². The van der Waals surface area contributed by atoms with Gasteiger partial charge >= 0.3 is 0 Å². The highest BCUT2D eigenvalue weighted by atomic mass is 35.5. The van der Waals surface area contributed by atoms with Gasteiger partial charge in [0.05, 0.1) is 12.3 Å². The summed E-state index contributed by atoms with van der Waals surface area (Å²) in [5.41, 5.74) is -0.826. The molecular formula is C14H17Cl2N3O3S2. The second-order valence-corrected chi connectivity index (χ2v) is 9.64. The average molecular weight is 410 g/mol. The third-order valence-corrected chi connectivity index (χ3v) is 6.19. The molecule has 1 atom stereocenters. The average Bonchev–Trinajstić information content (AvgIpc) is 2.95. The molecule has 0 bridgehead atoms. The molecule has 0 saturated carbocycles. The number of hydrogen-bond donors (Lipinski definition) is 1. The minimum atomic E-state index is -3.04. The first-order chi connectivity index (χ1) is 11.2. The Balaban J connectivity index is 2.20. The predicted molar refractivity (Wildman–Crippen MR) is 97.4 cm³/mol. The van der Waals surface area contributed by atoms with Crippen molar-refractivity contribution in [3.8, 4) is 0 Å². The lowest BCUT2D eigenvalue weighted by Gasteiger charge is -2.29. The zero-order chi connectivity index (χ0) is 17.8. The molecule has 0 amide bonds. The lowest BCUT2D eigenvalue weighted by Crippen LogP contribution is -2.35. The van der Waals surface area contributed by atoms with Crippen LogP contribution in [0, 0.1) is 0 Å². The third-order valence-electron chi connectivity index (χ3n) is 3.26. The smallest absolute Gasteiger partial charge is 0.148 e. The van der Waals surface area contributed by atoms with Crippen LogP contribution in [0.1, 0.15) is 5.56 Å². The summed E-state index contributed by atoms with van der Waals surface area (Å²) in [7, 11) is -3.04. The summed E-state index contributed by atoms with van der Waals surface area (Å²) in [5.74, 6) is 0.679. The van der Waals surface area contributed by atoms with Crippen molar-refractivity contribution in [3.63, 3.8) is 0 Å². The van der Waals surface area contributed by atoms with Crippen LogP contribution >= 0.6 is 35.0 Å². The van der Waals surface area contributed by atoms with Gasteiger partial charge in [-0.05, 0) is 12.1 Å². The quantitative estimate of drug-likeness (QED) is 0.672. The van der Waals surface area contributed by atoms with Crippen LogP contribution in [-0.2, 0) is 22.0 Å². The Morgan fingerprint density at radius 2 is 2.12 bits per heavy atom. The topological polar surface area (TPSA) is 85.1 Å². The van der Waals surface area contributed by atoms with E-state index < -0.39 is 15.4 Å². The first kappa shape index (κ1) is 19.5. The van der Waals surface area contributed by atoms with Crippen LogP contribution in [0.5, 0.6) is 0 Å². The molecule has 0 radical (unpaired) electrons. The predicted octanol–water partition coefficient (Wildman–Crippen LogP) is 2.25. The summed E-state index contributed by atoms with van der Waals surface area (Å²) >= 11 is 13.5. The molecule has 24 heavy (non-hydrogen) atoms. The summed E-state index contributed by atoms with van der Waals surface area (Å²) in [6.45, 7) is 0.139. The number of thioether (sulfide) groups is 1. The van der Waals surface area contributed by atoms with Gasteiger partial charge in [-0.2, -0.15) is 16.9 Å². The van der Waals surface area contributed by atoms with E-state index in [9.17, 15) is 13.5 Å². The Morgan fingerprint density at radius 1 is 1.38 bits per heavy atom. The molecule has 0 aliphatic rings. The highest BCUT2D eigenvalue weighted by molar-refractivity contribution is 8.00. The number of sulfone groups is 1. The SMILES string of the molecule is CS(=O)(=O)CCSCC(O)(Cn1cncn1)c1ccc(Cl)cc1Cl. The lowest BCUT2D eigenvalue weighted by molar-refractivity contribution is 0.0398.